The van der Waals surface area contributed by atoms with Gasteiger partial charge in [-0.2, -0.15) is 5.10 Å². The minimum Gasteiger partial charge on any atom is -0.326 e. The van der Waals surface area contributed by atoms with Gasteiger partial charge in [-0.15, -0.1) is 5.11 Å². The maximum absolute atomic E-state index is 5.83. The highest BCUT2D eigenvalue weighted by atomic mass is 15.6. The summed E-state index contributed by atoms with van der Waals surface area (Å²) < 4.78 is 1.86. The molecule has 24 heavy (non-hydrogen) atoms. The topological polar surface area (TPSA) is 71.8 Å². The molecular formula is C18H28N6. The Balaban J connectivity index is 2.28. The molecule has 0 bridgehead atoms. The van der Waals surface area contributed by atoms with E-state index in [9.17, 15) is 0 Å². The van der Waals surface area contributed by atoms with Crippen LogP contribution in [0.5, 0.6) is 0 Å². The Bertz CT molecular complexity index is 661. The zero-order valence-corrected chi connectivity index (χ0v) is 15.3. The van der Waals surface area contributed by atoms with Crippen molar-refractivity contribution in [2.75, 3.05) is 0 Å². The molecule has 0 amide bonds. The van der Waals surface area contributed by atoms with Crippen LogP contribution in [0, 0.1) is 6.92 Å². The van der Waals surface area contributed by atoms with Gasteiger partial charge in [0.25, 0.3) is 0 Å². The molecular weight excluding hydrogens is 300 g/mol. The van der Waals surface area contributed by atoms with Crippen LogP contribution in [0.1, 0.15) is 44.4 Å². The van der Waals surface area contributed by atoms with Crippen LogP contribution in [-0.2, 0) is 13.1 Å². The number of nitrogens with two attached hydrogens (primary N) is 1. The van der Waals surface area contributed by atoms with Gasteiger partial charge in [-0.25, -0.2) is 4.68 Å². The summed E-state index contributed by atoms with van der Waals surface area (Å²) in [6.07, 6.45) is 1.78. The lowest BCUT2D eigenvalue weighted by atomic mass is 10.1. The van der Waals surface area contributed by atoms with Crippen LogP contribution in [0.15, 0.2) is 40.8 Å². The summed E-state index contributed by atoms with van der Waals surface area (Å²) in [5.74, 6) is 0.726. The average molecular weight is 328 g/mol. The van der Waals surface area contributed by atoms with Gasteiger partial charge in [0.05, 0.1) is 12.7 Å². The highest BCUT2D eigenvalue weighted by Gasteiger charge is 2.13. The molecule has 130 valence electrons. The molecule has 0 saturated heterocycles. The number of aryl methyl sites for hydroxylation is 1. The molecule has 0 aliphatic rings. The second kappa shape index (κ2) is 8.06. The summed E-state index contributed by atoms with van der Waals surface area (Å²) in [5.41, 5.74) is 9.15. The van der Waals surface area contributed by atoms with Crippen molar-refractivity contribution < 1.29 is 0 Å². The first kappa shape index (κ1) is 18.1. The van der Waals surface area contributed by atoms with Crippen molar-refractivity contribution in [3.8, 4) is 0 Å². The van der Waals surface area contributed by atoms with Crippen LogP contribution in [0.25, 0.3) is 0 Å². The molecule has 0 atom stereocenters. The Morgan fingerprint density at radius 1 is 1.12 bits per heavy atom. The van der Waals surface area contributed by atoms with Crippen molar-refractivity contribution >= 4 is 5.82 Å². The van der Waals surface area contributed by atoms with Crippen molar-refractivity contribution in [2.24, 2.45) is 16.1 Å². The Morgan fingerprint density at radius 2 is 1.75 bits per heavy atom. The fraction of sp³-hybridized carbons (Fsp3) is 0.500. The van der Waals surface area contributed by atoms with Crippen LogP contribution in [0.4, 0.5) is 5.82 Å². The van der Waals surface area contributed by atoms with Gasteiger partial charge in [0.1, 0.15) is 0 Å². The first-order valence-electron chi connectivity index (χ1n) is 8.42. The predicted molar refractivity (Wildman–Crippen MR) is 97.0 cm³/mol. The van der Waals surface area contributed by atoms with Gasteiger partial charge >= 0.3 is 0 Å². The number of aromatic nitrogens is 2. The number of hydrogen-bond acceptors (Lipinski definition) is 4. The summed E-state index contributed by atoms with van der Waals surface area (Å²) in [5, 5.41) is 15.3. The lowest BCUT2D eigenvalue weighted by molar-refractivity contribution is 0.169. The van der Waals surface area contributed by atoms with Crippen molar-refractivity contribution in [3.63, 3.8) is 0 Å². The van der Waals surface area contributed by atoms with Gasteiger partial charge in [0.15, 0.2) is 5.82 Å². The van der Waals surface area contributed by atoms with E-state index in [1.54, 1.807) is 6.20 Å². The lowest BCUT2D eigenvalue weighted by Gasteiger charge is -2.25. The van der Waals surface area contributed by atoms with E-state index < -0.39 is 0 Å². The summed E-state index contributed by atoms with van der Waals surface area (Å²) in [6, 6.07) is 8.97. The van der Waals surface area contributed by atoms with E-state index >= 15 is 0 Å². The van der Waals surface area contributed by atoms with E-state index in [2.05, 4.69) is 74.3 Å². The number of rotatable bonds is 7. The van der Waals surface area contributed by atoms with E-state index in [-0.39, 0.29) is 12.1 Å². The molecule has 2 rings (SSSR count). The molecule has 0 aliphatic heterocycles. The van der Waals surface area contributed by atoms with E-state index in [0.29, 0.717) is 13.1 Å². The molecule has 0 unspecified atom stereocenters. The maximum Gasteiger partial charge on any atom is 0.179 e. The predicted octanol–water partition coefficient (Wildman–Crippen LogP) is 3.82. The van der Waals surface area contributed by atoms with Crippen LogP contribution in [0.3, 0.4) is 0 Å². The molecule has 2 N–H and O–H groups in total. The second-order valence-corrected chi connectivity index (χ2v) is 6.60. The first-order valence-corrected chi connectivity index (χ1v) is 8.42. The fourth-order valence-electron chi connectivity index (χ4n) is 2.56. The molecule has 0 saturated carbocycles. The monoisotopic (exact) mass is 328 g/mol. The first-order chi connectivity index (χ1) is 11.4. The van der Waals surface area contributed by atoms with Gasteiger partial charge in [-0.3, -0.25) is 5.01 Å². The highest BCUT2D eigenvalue weighted by molar-refractivity contribution is 5.38. The largest absolute Gasteiger partial charge is 0.326 e. The second-order valence-electron chi connectivity index (χ2n) is 6.60. The van der Waals surface area contributed by atoms with Gasteiger partial charge < -0.3 is 5.73 Å². The maximum atomic E-state index is 5.83. The third kappa shape index (κ3) is 4.41. The van der Waals surface area contributed by atoms with Crippen LogP contribution < -0.4 is 5.73 Å². The van der Waals surface area contributed by atoms with Crippen molar-refractivity contribution in [3.05, 3.63) is 47.2 Å². The lowest BCUT2D eigenvalue weighted by Crippen LogP contribution is -2.31. The van der Waals surface area contributed by atoms with E-state index in [0.717, 1.165) is 11.4 Å². The number of nitrogens with zero attached hydrogens (tertiary/aromatic N) is 5. The molecule has 0 spiro atoms. The molecule has 1 aromatic carbocycles. The SMILES string of the molecule is Cc1ccc(Cn2ncc(CN)c2/N=N/N(C(C)C)C(C)C)cc1. The molecule has 0 fully saturated rings. The van der Waals surface area contributed by atoms with Crippen LogP contribution in [-0.4, -0.2) is 26.9 Å². The molecule has 2 aromatic rings. The van der Waals surface area contributed by atoms with E-state index in [1.807, 2.05) is 9.69 Å². The summed E-state index contributed by atoms with van der Waals surface area (Å²) in [7, 11) is 0. The minimum atomic E-state index is 0.281. The zero-order valence-electron chi connectivity index (χ0n) is 15.3. The summed E-state index contributed by atoms with van der Waals surface area (Å²) >= 11 is 0. The highest BCUT2D eigenvalue weighted by Crippen LogP contribution is 2.22. The Kier molecular flexibility index (Phi) is 6.09. The summed E-state index contributed by atoms with van der Waals surface area (Å²) in [4.78, 5) is 0. The van der Waals surface area contributed by atoms with Gasteiger partial charge in [0.2, 0.25) is 0 Å². The number of benzene rings is 1. The standard InChI is InChI=1S/C18H28N6/c1-13(2)24(14(3)4)22-21-18-17(10-19)11-20-23(18)12-16-8-6-15(5)7-9-16/h6-9,11,13-14H,10,12,19H2,1-5H3/b22-21+. The van der Waals surface area contributed by atoms with Crippen LogP contribution in [0.2, 0.25) is 0 Å². The molecule has 1 heterocycles. The smallest absolute Gasteiger partial charge is 0.179 e. The van der Waals surface area contributed by atoms with Gasteiger partial charge in [-0.1, -0.05) is 35.1 Å². The summed E-state index contributed by atoms with van der Waals surface area (Å²) in [6.45, 7) is 11.5. The van der Waals surface area contributed by atoms with Gasteiger partial charge in [0, 0.05) is 24.2 Å². The van der Waals surface area contributed by atoms with Crippen molar-refractivity contribution in [1.29, 1.82) is 0 Å². The molecule has 0 radical (unpaired) electrons. The quantitative estimate of drug-likeness (QED) is 0.620. The van der Waals surface area contributed by atoms with Crippen molar-refractivity contribution in [2.45, 2.75) is 59.8 Å². The third-order valence-corrected chi connectivity index (χ3v) is 3.86. The number of hydrogen-bond donors (Lipinski definition) is 1. The molecule has 1 aromatic heterocycles. The average Bonchev–Trinajstić information content (AvgIpc) is 2.91. The van der Waals surface area contributed by atoms with Gasteiger partial charge in [-0.05, 0) is 40.2 Å². The van der Waals surface area contributed by atoms with E-state index in [4.69, 9.17) is 5.73 Å². The third-order valence-electron chi connectivity index (χ3n) is 3.86. The Hall–Kier alpha value is -2.21. The minimum absolute atomic E-state index is 0.281. The molecule has 6 nitrogen and oxygen atoms in total. The van der Waals surface area contributed by atoms with E-state index in [1.165, 1.54) is 11.1 Å². The van der Waals surface area contributed by atoms with Crippen LogP contribution >= 0.6 is 0 Å². The molecule has 6 heteroatoms. The zero-order chi connectivity index (χ0) is 17.7. The fourth-order valence-corrected chi connectivity index (χ4v) is 2.56. The molecule has 0 aliphatic carbocycles. The Labute approximate surface area is 144 Å². The van der Waals surface area contributed by atoms with Crippen molar-refractivity contribution in [1.82, 2.24) is 14.8 Å². The Morgan fingerprint density at radius 3 is 2.29 bits per heavy atom. The normalized spacial score (nSPS) is 11.8.